The van der Waals surface area contributed by atoms with E-state index < -0.39 is 0 Å². The quantitative estimate of drug-likeness (QED) is 0.467. The van der Waals surface area contributed by atoms with Crippen LogP contribution in [0.5, 0.6) is 0 Å². The van der Waals surface area contributed by atoms with Crippen molar-refractivity contribution in [1.82, 2.24) is 0 Å². The van der Waals surface area contributed by atoms with Gasteiger partial charge in [-0.05, 0) is 25.2 Å². The molecule has 2 aliphatic carbocycles. The molecule has 62 valence electrons. The highest BCUT2D eigenvalue weighted by Gasteiger charge is 2.59. The Kier molecular flexibility index (Phi) is 2.17. The maximum absolute atomic E-state index is 3.71. The van der Waals surface area contributed by atoms with E-state index in [1.54, 1.807) is 0 Å². The number of hydrogen-bond acceptors (Lipinski definition) is 0. The molecular formula is C9H12Br2. The average molecular weight is 280 g/mol. The summed E-state index contributed by atoms with van der Waals surface area (Å²) in [6, 6.07) is 0. The minimum Gasteiger partial charge on any atom is -0.0882 e. The van der Waals surface area contributed by atoms with E-state index in [4.69, 9.17) is 0 Å². The summed E-state index contributed by atoms with van der Waals surface area (Å²) >= 11 is 7.43. The van der Waals surface area contributed by atoms with Gasteiger partial charge in [-0.3, -0.25) is 0 Å². The molecule has 2 aliphatic rings. The van der Waals surface area contributed by atoms with Crippen molar-refractivity contribution in [2.45, 2.75) is 28.9 Å². The molecule has 0 nitrogen and oxygen atoms in total. The lowest BCUT2D eigenvalue weighted by atomic mass is 10.1. The molecule has 1 fully saturated rings. The zero-order valence-corrected chi connectivity index (χ0v) is 9.57. The smallest absolute Gasteiger partial charge is 0.0882 e. The van der Waals surface area contributed by atoms with Crippen molar-refractivity contribution in [3.63, 3.8) is 0 Å². The minimum absolute atomic E-state index is 0.265. The lowest BCUT2D eigenvalue weighted by Crippen LogP contribution is -1.88. The zero-order valence-electron chi connectivity index (χ0n) is 6.39. The number of rotatable bonds is 0. The number of halogens is 2. The van der Waals surface area contributed by atoms with Gasteiger partial charge in [0, 0.05) is 5.92 Å². The summed E-state index contributed by atoms with van der Waals surface area (Å²) in [4.78, 5) is 0. The molecule has 2 heteroatoms. The van der Waals surface area contributed by atoms with Crippen LogP contribution in [0.25, 0.3) is 0 Å². The first-order valence-corrected chi connectivity index (χ1v) is 5.86. The predicted molar refractivity (Wildman–Crippen MR) is 55.2 cm³/mol. The molecule has 0 N–H and O–H groups in total. The molecule has 0 aromatic carbocycles. The summed E-state index contributed by atoms with van der Waals surface area (Å²) in [5, 5.41) is 0. The normalized spacial score (nSPS) is 43.5. The number of alkyl halides is 2. The van der Waals surface area contributed by atoms with Crippen LogP contribution < -0.4 is 0 Å². The molecule has 0 radical (unpaired) electrons. The van der Waals surface area contributed by atoms with Crippen LogP contribution >= 0.6 is 31.9 Å². The summed E-state index contributed by atoms with van der Waals surface area (Å²) in [5.74, 6) is 1.60. The Bertz CT molecular complexity index is 184. The van der Waals surface area contributed by atoms with Crippen LogP contribution in [0.2, 0.25) is 0 Å². The molecule has 0 spiro atoms. The van der Waals surface area contributed by atoms with Crippen molar-refractivity contribution in [2.24, 2.45) is 11.8 Å². The molecule has 2 atom stereocenters. The van der Waals surface area contributed by atoms with Gasteiger partial charge in [-0.25, -0.2) is 0 Å². The third-order valence-electron chi connectivity index (χ3n) is 2.74. The van der Waals surface area contributed by atoms with Crippen LogP contribution in [0.4, 0.5) is 0 Å². The van der Waals surface area contributed by atoms with E-state index in [0.717, 1.165) is 11.8 Å². The van der Waals surface area contributed by atoms with Gasteiger partial charge in [0.1, 0.15) is 0 Å². The number of fused-ring (bicyclic) bond motifs is 1. The highest BCUT2D eigenvalue weighted by Crippen LogP contribution is 2.64. The number of allylic oxidation sites excluding steroid dienone is 2. The van der Waals surface area contributed by atoms with E-state index in [1.165, 1.54) is 25.7 Å². The van der Waals surface area contributed by atoms with Crippen molar-refractivity contribution >= 4 is 31.9 Å². The number of hydrogen-bond donors (Lipinski definition) is 0. The van der Waals surface area contributed by atoms with Crippen molar-refractivity contribution in [3.8, 4) is 0 Å². The van der Waals surface area contributed by atoms with Crippen LogP contribution in [0.3, 0.4) is 0 Å². The van der Waals surface area contributed by atoms with Gasteiger partial charge >= 0.3 is 0 Å². The van der Waals surface area contributed by atoms with Gasteiger partial charge in [-0.15, -0.1) is 0 Å². The van der Waals surface area contributed by atoms with E-state index in [9.17, 15) is 0 Å². The first kappa shape index (κ1) is 8.31. The molecule has 11 heavy (non-hydrogen) atoms. The van der Waals surface area contributed by atoms with Crippen molar-refractivity contribution in [1.29, 1.82) is 0 Å². The Morgan fingerprint density at radius 1 is 1.27 bits per heavy atom. The first-order valence-electron chi connectivity index (χ1n) is 4.27. The van der Waals surface area contributed by atoms with Gasteiger partial charge in [0.05, 0.1) is 3.23 Å². The van der Waals surface area contributed by atoms with Crippen molar-refractivity contribution < 1.29 is 0 Å². The molecular weight excluding hydrogens is 268 g/mol. The molecule has 0 aromatic heterocycles. The third-order valence-corrected chi connectivity index (χ3v) is 4.98. The van der Waals surface area contributed by atoms with Crippen LogP contribution in [0.1, 0.15) is 25.7 Å². The fourth-order valence-electron chi connectivity index (χ4n) is 1.92. The van der Waals surface area contributed by atoms with Crippen LogP contribution in [0, 0.1) is 11.8 Å². The summed E-state index contributed by atoms with van der Waals surface area (Å²) in [7, 11) is 0. The molecule has 0 amide bonds. The van der Waals surface area contributed by atoms with Gasteiger partial charge in [0.25, 0.3) is 0 Å². The molecule has 0 bridgehead atoms. The molecule has 2 rings (SSSR count). The maximum atomic E-state index is 3.71. The largest absolute Gasteiger partial charge is 0.0905 e. The Balaban J connectivity index is 2.07. The SMILES string of the molecule is BrC1(Br)C2/C=C\CCCCC21. The van der Waals surface area contributed by atoms with E-state index in [2.05, 4.69) is 44.0 Å². The predicted octanol–water partition coefficient (Wildman–Crippen LogP) is 3.85. The van der Waals surface area contributed by atoms with E-state index >= 15 is 0 Å². The fourth-order valence-corrected chi connectivity index (χ4v) is 3.63. The van der Waals surface area contributed by atoms with Gasteiger partial charge in [0.15, 0.2) is 0 Å². The summed E-state index contributed by atoms with van der Waals surface area (Å²) in [5.41, 5.74) is 0. The summed E-state index contributed by atoms with van der Waals surface area (Å²) < 4.78 is 0.265. The van der Waals surface area contributed by atoms with Crippen molar-refractivity contribution in [3.05, 3.63) is 12.2 Å². The van der Waals surface area contributed by atoms with Gasteiger partial charge < -0.3 is 0 Å². The topological polar surface area (TPSA) is 0 Å². The van der Waals surface area contributed by atoms with Crippen molar-refractivity contribution in [2.75, 3.05) is 0 Å². The van der Waals surface area contributed by atoms with E-state index in [0.29, 0.717) is 0 Å². The average Bonchev–Trinajstić information content (AvgIpc) is 2.29. The standard InChI is InChI=1S/C9H12Br2/c10-9(11)7-5-3-1-2-4-6-8(7)9/h3,5,7-8H,1-2,4,6H2/b5-3-. The summed E-state index contributed by atoms with van der Waals surface area (Å²) in [6.45, 7) is 0. The molecule has 2 unspecified atom stereocenters. The Hall–Kier alpha value is 0.700. The van der Waals surface area contributed by atoms with Crippen LogP contribution in [0.15, 0.2) is 12.2 Å². The Morgan fingerprint density at radius 3 is 2.91 bits per heavy atom. The second kappa shape index (κ2) is 2.88. The van der Waals surface area contributed by atoms with Crippen LogP contribution in [-0.4, -0.2) is 3.23 Å². The molecule has 0 saturated heterocycles. The Labute approximate surface area is 84.7 Å². The lowest BCUT2D eigenvalue weighted by molar-refractivity contribution is 0.605. The first-order chi connectivity index (χ1) is 5.23. The lowest BCUT2D eigenvalue weighted by Gasteiger charge is -1.99. The minimum atomic E-state index is 0.265. The highest BCUT2D eigenvalue weighted by molar-refractivity contribution is 9.25. The van der Waals surface area contributed by atoms with Gasteiger partial charge in [-0.2, -0.15) is 0 Å². The molecule has 0 aromatic rings. The summed E-state index contributed by atoms with van der Waals surface area (Å²) in [6.07, 6.45) is 10.1. The van der Waals surface area contributed by atoms with Crippen LogP contribution in [-0.2, 0) is 0 Å². The molecule has 1 saturated carbocycles. The second-order valence-corrected chi connectivity index (χ2v) is 7.21. The molecule has 0 heterocycles. The monoisotopic (exact) mass is 278 g/mol. The maximum Gasteiger partial charge on any atom is 0.0905 e. The third kappa shape index (κ3) is 1.44. The Morgan fingerprint density at radius 2 is 2.09 bits per heavy atom. The molecule has 0 aliphatic heterocycles. The fraction of sp³-hybridized carbons (Fsp3) is 0.778. The van der Waals surface area contributed by atoms with Gasteiger partial charge in [0.2, 0.25) is 0 Å². The van der Waals surface area contributed by atoms with E-state index in [-0.39, 0.29) is 3.23 Å². The second-order valence-electron chi connectivity index (χ2n) is 3.52. The highest BCUT2D eigenvalue weighted by atomic mass is 79.9. The zero-order chi connectivity index (χ0) is 7.90. The van der Waals surface area contributed by atoms with Gasteiger partial charge in [-0.1, -0.05) is 50.4 Å². The van der Waals surface area contributed by atoms with E-state index in [1.807, 2.05) is 0 Å².